The van der Waals surface area contributed by atoms with Gasteiger partial charge in [0.1, 0.15) is 5.82 Å². The molecule has 0 bridgehead atoms. The van der Waals surface area contributed by atoms with E-state index in [4.69, 9.17) is 9.84 Å². The Morgan fingerprint density at radius 3 is 3.05 bits per heavy atom. The standard InChI is InChI=1S/C12H19N3O3S/c1-2-4-10-13-14-12(19-8-11(16)17)15(10)9-5-3-6-18-7-9/h9H,2-8H2,1H3,(H,16,17). The fourth-order valence-electron chi connectivity index (χ4n) is 2.22. The minimum Gasteiger partial charge on any atom is -0.481 e. The van der Waals surface area contributed by atoms with Crippen LogP contribution in [0.4, 0.5) is 0 Å². The Labute approximate surface area is 116 Å². The molecule has 106 valence electrons. The largest absolute Gasteiger partial charge is 0.481 e. The van der Waals surface area contributed by atoms with E-state index in [1.165, 1.54) is 11.8 Å². The molecule has 1 aromatic rings. The van der Waals surface area contributed by atoms with Crippen LogP contribution in [-0.4, -0.2) is 44.8 Å². The van der Waals surface area contributed by atoms with E-state index in [2.05, 4.69) is 21.7 Å². The average Bonchev–Trinajstić information content (AvgIpc) is 2.81. The van der Waals surface area contributed by atoms with Crippen molar-refractivity contribution in [3.05, 3.63) is 5.82 Å². The maximum atomic E-state index is 10.7. The molecule has 0 amide bonds. The molecule has 2 rings (SSSR count). The van der Waals surface area contributed by atoms with Gasteiger partial charge in [0.15, 0.2) is 5.16 Å². The lowest BCUT2D eigenvalue weighted by atomic mass is 10.1. The molecular formula is C12H19N3O3S. The minimum absolute atomic E-state index is 0.0117. The van der Waals surface area contributed by atoms with Crippen LogP contribution in [0.3, 0.4) is 0 Å². The zero-order valence-corrected chi connectivity index (χ0v) is 11.9. The third kappa shape index (κ3) is 3.70. The molecule has 0 aromatic carbocycles. The second-order valence-electron chi connectivity index (χ2n) is 4.57. The highest BCUT2D eigenvalue weighted by atomic mass is 32.2. The SMILES string of the molecule is CCCc1nnc(SCC(=O)O)n1C1CCCOC1. The molecule has 1 fully saturated rings. The number of rotatable bonds is 6. The smallest absolute Gasteiger partial charge is 0.313 e. The number of thioether (sulfide) groups is 1. The molecule has 0 spiro atoms. The van der Waals surface area contributed by atoms with E-state index in [1.807, 2.05) is 0 Å². The van der Waals surface area contributed by atoms with Crippen LogP contribution in [0.25, 0.3) is 0 Å². The first-order chi connectivity index (χ1) is 9.22. The predicted octanol–water partition coefficient (Wildman–Crippen LogP) is 1.76. The number of aromatic nitrogens is 3. The van der Waals surface area contributed by atoms with Gasteiger partial charge in [-0.05, 0) is 19.3 Å². The molecular weight excluding hydrogens is 266 g/mol. The summed E-state index contributed by atoms with van der Waals surface area (Å²) in [6.07, 6.45) is 3.92. The van der Waals surface area contributed by atoms with Crippen LogP contribution < -0.4 is 0 Å². The highest BCUT2D eigenvalue weighted by Crippen LogP contribution is 2.27. The lowest BCUT2D eigenvalue weighted by Gasteiger charge is -2.25. The van der Waals surface area contributed by atoms with Crippen molar-refractivity contribution in [3.63, 3.8) is 0 Å². The van der Waals surface area contributed by atoms with Crippen LogP contribution in [0.5, 0.6) is 0 Å². The molecule has 1 aromatic heterocycles. The number of hydrogen-bond acceptors (Lipinski definition) is 5. The molecule has 1 unspecified atom stereocenters. The minimum atomic E-state index is -0.837. The van der Waals surface area contributed by atoms with Crippen molar-refractivity contribution >= 4 is 17.7 Å². The molecule has 0 saturated carbocycles. The molecule has 1 N–H and O–H groups in total. The summed E-state index contributed by atoms with van der Waals surface area (Å²) in [5.74, 6) is 0.111. The van der Waals surface area contributed by atoms with Crippen LogP contribution in [0.2, 0.25) is 0 Å². The summed E-state index contributed by atoms with van der Waals surface area (Å²) >= 11 is 1.23. The topological polar surface area (TPSA) is 77.2 Å². The Hall–Kier alpha value is -1.08. The fourth-order valence-corrected chi connectivity index (χ4v) is 2.96. The molecule has 7 heteroatoms. The zero-order chi connectivity index (χ0) is 13.7. The van der Waals surface area contributed by atoms with Gasteiger partial charge >= 0.3 is 5.97 Å². The summed E-state index contributed by atoms with van der Waals surface area (Å²) in [6, 6.07) is 0.238. The molecule has 6 nitrogen and oxygen atoms in total. The first kappa shape index (κ1) is 14.3. The first-order valence-corrected chi connectivity index (χ1v) is 7.57. The van der Waals surface area contributed by atoms with Crippen molar-refractivity contribution in [3.8, 4) is 0 Å². The van der Waals surface area contributed by atoms with Gasteiger partial charge in [0.2, 0.25) is 0 Å². The quantitative estimate of drug-likeness (QED) is 0.802. The van der Waals surface area contributed by atoms with Gasteiger partial charge in [-0.2, -0.15) is 0 Å². The number of hydrogen-bond donors (Lipinski definition) is 1. The van der Waals surface area contributed by atoms with Crippen LogP contribution in [0.1, 0.15) is 38.1 Å². The average molecular weight is 285 g/mol. The lowest BCUT2D eigenvalue weighted by Crippen LogP contribution is -2.23. The van der Waals surface area contributed by atoms with Gasteiger partial charge in [0, 0.05) is 13.0 Å². The normalized spacial score (nSPS) is 19.5. The molecule has 1 atom stereocenters. The third-order valence-electron chi connectivity index (χ3n) is 3.03. The molecule has 1 aliphatic rings. The van der Waals surface area contributed by atoms with Gasteiger partial charge in [0.05, 0.1) is 18.4 Å². The van der Waals surface area contributed by atoms with E-state index in [0.717, 1.165) is 38.1 Å². The van der Waals surface area contributed by atoms with E-state index in [1.54, 1.807) is 0 Å². The number of carbonyl (C=O) groups is 1. The predicted molar refractivity (Wildman–Crippen MR) is 71.5 cm³/mol. The van der Waals surface area contributed by atoms with Crippen LogP contribution >= 0.6 is 11.8 Å². The number of carboxylic acids is 1. The number of carboxylic acid groups (broad SMARTS) is 1. The molecule has 0 aliphatic carbocycles. The van der Waals surface area contributed by atoms with Crippen LogP contribution in [-0.2, 0) is 16.0 Å². The molecule has 0 radical (unpaired) electrons. The maximum absolute atomic E-state index is 10.7. The monoisotopic (exact) mass is 285 g/mol. The highest BCUT2D eigenvalue weighted by molar-refractivity contribution is 7.99. The van der Waals surface area contributed by atoms with Crippen LogP contribution in [0, 0.1) is 0 Å². The second kappa shape index (κ2) is 6.91. The van der Waals surface area contributed by atoms with Crippen molar-refractivity contribution in [2.24, 2.45) is 0 Å². The van der Waals surface area contributed by atoms with E-state index < -0.39 is 5.97 Å². The van der Waals surface area contributed by atoms with E-state index in [0.29, 0.717) is 11.8 Å². The Kier molecular flexibility index (Phi) is 5.21. The number of aliphatic carboxylic acids is 1. The molecule has 2 heterocycles. The first-order valence-electron chi connectivity index (χ1n) is 6.58. The molecule has 1 saturated heterocycles. The summed E-state index contributed by atoms with van der Waals surface area (Å²) in [6.45, 7) is 3.56. The summed E-state index contributed by atoms with van der Waals surface area (Å²) in [4.78, 5) is 10.7. The van der Waals surface area contributed by atoms with Gasteiger partial charge in [0.25, 0.3) is 0 Å². The van der Waals surface area contributed by atoms with Crippen molar-refractivity contribution in [1.82, 2.24) is 14.8 Å². The summed E-state index contributed by atoms with van der Waals surface area (Å²) in [5.41, 5.74) is 0. The number of nitrogens with zero attached hydrogens (tertiary/aromatic N) is 3. The van der Waals surface area contributed by atoms with E-state index in [-0.39, 0.29) is 11.8 Å². The summed E-state index contributed by atoms with van der Waals surface area (Å²) < 4.78 is 7.60. The Morgan fingerprint density at radius 1 is 1.58 bits per heavy atom. The fraction of sp³-hybridized carbons (Fsp3) is 0.750. The maximum Gasteiger partial charge on any atom is 0.313 e. The van der Waals surface area contributed by atoms with Crippen LogP contribution in [0.15, 0.2) is 5.16 Å². The highest BCUT2D eigenvalue weighted by Gasteiger charge is 2.23. The Morgan fingerprint density at radius 2 is 2.42 bits per heavy atom. The lowest BCUT2D eigenvalue weighted by molar-refractivity contribution is -0.133. The summed E-state index contributed by atoms with van der Waals surface area (Å²) in [5, 5.41) is 17.8. The van der Waals surface area contributed by atoms with Gasteiger partial charge in [-0.1, -0.05) is 18.7 Å². The van der Waals surface area contributed by atoms with Crippen molar-refractivity contribution in [1.29, 1.82) is 0 Å². The van der Waals surface area contributed by atoms with Gasteiger partial charge in [-0.25, -0.2) is 0 Å². The Balaban J connectivity index is 2.18. The molecule has 1 aliphatic heterocycles. The number of ether oxygens (including phenoxy) is 1. The van der Waals surface area contributed by atoms with Gasteiger partial charge in [-0.15, -0.1) is 10.2 Å². The van der Waals surface area contributed by atoms with Crippen molar-refractivity contribution < 1.29 is 14.6 Å². The van der Waals surface area contributed by atoms with E-state index >= 15 is 0 Å². The van der Waals surface area contributed by atoms with Gasteiger partial charge in [-0.3, -0.25) is 4.79 Å². The van der Waals surface area contributed by atoms with Gasteiger partial charge < -0.3 is 14.4 Å². The summed E-state index contributed by atoms with van der Waals surface area (Å²) in [7, 11) is 0. The number of aryl methyl sites for hydroxylation is 1. The third-order valence-corrected chi connectivity index (χ3v) is 3.96. The molecule has 19 heavy (non-hydrogen) atoms. The second-order valence-corrected chi connectivity index (χ2v) is 5.51. The Bertz CT molecular complexity index is 430. The van der Waals surface area contributed by atoms with E-state index in [9.17, 15) is 4.79 Å². The van der Waals surface area contributed by atoms with Crippen molar-refractivity contribution in [2.45, 2.75) is 43.8 Å². The van der Waals surface area contributed by atoms with Crippen molar-refractivity contribution in [2.75, 3.05) is 19.0 Å². The zero-order valence-electron chi connectivity index (χ0n) is 11.0.